The van der Waals surface area contributed by atoms with Crippen LogP contribution in [0.15, 0.2) is 19.9 Å². The average Bonchev–Trinajstić information content (AvgIpc) is 2.35. The van der Waals surface area contributed by atoms with Gasteiger partial charge in [-0.15, -0.1) is 0 Å². The van der Waals surface area contributed by atoms with Crippen LogP contribution in [0.3, 0.4) is 0 Å². The van der Waals surface area contributed by atoms with E-state index >= 15 is 0 Å². The molecule has 0 aliphatic rings. The molecule has 2 rings (SSSR count). The molecule has 0 atom stereocenters. The molecule has 0 aliphatic carbocycles. The van der Waals surface area contributed by atoms with Crippen LogP contribution in [0.4, 0.5) is 5.95 Å². The molecule has 0 aliphatic heterocycles. The van der Waals surface area contributed by atoms with E-state index in [0.717, 1.165) is 11.8 Å². The number of aromatic nitrogens is 6. The fourth-order valence-electron chi connectivity index (χ4n) is 1.12. The smallest absolute Gasteiger partial charge is 0.339 e. The fraction of sp³-hybridized carbons (Fsp3) is 0.250. The summed E-state index contributed by atoms with van der Waals surface area (Å²) in [6, 6.07) is 0. The number of aryl methyl sites for hydroxylation is 1. The Kier molecular flexibility index (Phi) is 3.81. The van der Waals surface area contributed by atoms with Gasteiger partial charge in [0.1, 0.15) is 0 Å². The van der Waals surface area contributed by atoms with E-state index < -0.39 is 11.1 Å². The number of nitrogens with zero attached hydrogens (tertiary/aromatic N) is 5. The van der Waals surface area contributed by atoms with Gasteiger partial charge in [0, 0.05) is 14.1 Å². The molecule has 0 amide bonds. The number of halogens is 1. The van der Waals surface area contributed by atoms with Gasteiger partial charge in [-0.05, 0) is 23.4 Å². The molecule has 2 aromatic heterocycles. The Morgan fingerprint density at radius 3 is 2.68 bits per heavy atom. The van der Waals surface area contributed by atoms with E-state index in [9.17, 15) is 9.59 Å². The van der Waals surface area contributed by atoms with E-state index in [0.29, 0.717) is 0 Å². The summed E-state index contributed by atoms with van der Waals surface area (Å²) in [5.41, 5.74) is -1.67. The van der Waals surface area contributed by atoms with Crippen LogP contribution >= 0.6 is 23.4 Å². The molecule has 0 unspecified atom stereocenters. The predicted molar refractivity (Wildman–Crippen MR) is 68.6 cm³/mol. The minimum absolute atomic E-state index is 0.0104. The van der Waals surface area contributed by atoms with Gasteiger partial charge in [0.05, 0.1) is 0 Å². The van der Waals surface area contributed by atoms with Crippen LogP contribution in [-0.2, 0) is 7.05 Å². The number of nitrogens with one attached hydrogen (secondary N) is 2. The molecule has 0 spiro atoms. The van der Waals surface area contributed by atoms with E-state index in [1.807, 2.05) is 0 Å². The van der Waals surface area contributed by atoms with Crippen LogP contribution in [-0.4, -0.2) is 36.8 Å². The van der Waals surface area contributed by atoms with Crippen LogP contribution < -0.4 is 16.4 Å². The molecule has 2 heterocycles. The van der Waals surface area contributed by atoms with Gasteiger partial charge in [0.2, 0.25) is 16.4 Å². The van der Waals surface area contributed by atoms with E-state index in [4.69, 9.17) is 11.6 Å². The number of H-pyrrole nitrogens is 1. The van der Waals surface area contributed by atoms with Crippen molar-refractivity contribution in [3.63, 3.8) is 0 Å². The Labute approximate surface area is 115 Å². The van der Waals surface area contributed by atoms with Gasteiger partial charge in [-0.25, -0.2) is 0 Å². The average molecular weight is 302 g/mol. The third-order valence-electron chi connectivity index (χ3n) is 1.94. The van der Waals surface area contributed by atoms with Crippen LogP contribution in [0.25, 0.3) is 0 Å². The van der Waals surface area contributed by atoms with Crippen molar-refractivity contribution in [1.82, 2.24) is 29.7 Å². The Balaban J connectivity index is 2.41. The Morgan fingerprint density at radius 2 is 2.00 bits per heavy atom. The predicted octanol–water partition coefficient (Wildman–Crippen LogP) is -0.500. The van der Waals surface area contributed by atoms with Gasteiger partial charge in [-0.3, -0.25) is 19.4 Å². The Morgan fingerprint density at radius 1 is 1.26 bits per heavy atom. The lowest BCUT2D eigenvalue weighted by molar-refractivity contribution is 0.595. The summed E-state index contributed by atoms with van der Waals surface area (Å²) in [5.74, 6) is 0.289. The molecule has 19 heavy (non-hydrogen) atoms. The van der Waals surface area contributed by atoms with Crippen molar-refractivity contribution in [3.05, 3.63) is 26.0 Å². The molecule has 0 saturated carbocycles. The third-order valence-corrected chi connectivity index (χ3v) is 3.02. The van der Waals surface area contributed by atoms with Gasteiger partial charge in [-0.1, -0.05) is 0 Å². The monoisotopic (exact) mass is 301 g/mol. The molecule has 0 saturated heterocycles. The highest BCUT2D eigenvalue weighted by atomic mass is 35.5. The van der Waals surface area contributed by atoms with Gasteiger partial charge >= 0.3 is 11.1 Å². The second-order valence-electron chi connectivity index (χ2n) is 3.26. The third kappa shape index (κ3) is 3.09. The van der Waals surface area contributed by atoms with Crippen LogP contribution in [0.2, 0.25) is 5.28 Å². The first-order valence-electron chi connectivity index (χ1n) is 4.94. The zero-order chi connectivity index (χ0) is 14.0. The molecule has 11 heteroatoms. The molecule has 0 aromatic carbocycles. The van der Waals surface area contributed by atoms with Crippen molar-refractivity contribution in [3.8, 4) is 0 Å². The fourth-order valence-corrected chi connectivity index (χ4v) is 2.07. The lowest BCUT2D eigenvalue weighted by Crippen LogP contribution is -2.33. The number of aromatic amines is 1. The molecule has 0 radical (unpaired) electrons. The molecule has 2 N–H and O–H groups in total. The number of anilines is 1. The largest absolute Gasteiger partial charge is 0.357 e. The molecule has 0 bridgehead atoms. The maximum absolute atomic E-state index is 11.2. The zero-order valence-electron chi connectivity index (χ0n) is 9.84. The molecule has 2 aromatic rings. The topological polar surface area (TPSA) is 118 Å². The van der Waals surface area contributed by atoms with E-state index in [1.165, 1.54) is 11.7 Å². The summed E-state index contributed by atoms with van der Waals surface area (Å²) >= 11 is 6.70. The number of rotatable bonds is 3. The summed E-state index contributed by atoms with van der Waals surface area (Å²) in [5, 5.41) is 5.53. The standard InChI is InChI=1S/C8H8ClN7O2S/c1-10-6-12-5(9)13-7(14-6)19-8-11-3(17)4(18)15-16(8)2/h1-2H3,(H,15,18)(H,10,12,13,14). The van der Waals surface area contributed by atoms with Crippen molar-refractivity contribution in [1.29, 1.82) is 0 Å². The molecule has 0 fully saturated rings. The van der Waals surface area contributed by atoms with Gasteiger partial charge in [0.25, 0.3) is 0 Å². The summed E-state index contributed by atoms with van der Waals surface area (Å²) in [6.07, 6.45) is 0. The van der Waals surface area contributed by atoms with E-state index in [2.05, 4.69) is 30.4 Å². The first-order valence-corrected chi connectivity index (χ1v) is 6.13. The first kappa shape index (κ1) is 13.5. The van der Waals surface area contributed by atoms with Crippen LogP contribution in [0.5, 0.6) is 0 Å². The second kappa shape index (κ2) is 5.36. The molecular formula is C8H8ClN7O2S. The van der Waals surface area contributed by atoms with Gasteiger partial charge < -0.3 is 5.32 Å². The minimum atomic E-state index is -0.880. The highest BCUT2D eigenvalue weighted by molar-refractivity contribution is 7.99. The highest BCUT2D eigenvalue weighted by Gasteiger charge is 2.10. The van der Waals surface area contributed by atoms with Gasteiger partial charge in [-0.2, -0.15) is 19.9 Å². The first-order chi connectivity index (χ1) is 8.99. The van der Waals surface area contributed by atoms with Gasteiger partial charge in [0.15, 0.2) is 5.16 Å². The SMILES string of the molecule is CNc1nc(Cl)nc(Sc2nc(=O)c(=O)[nH]n2C)n1. The Bertz CT molecular complexity index is 728. The maximum atomic E-state index is 11.2. The van der Waals surface area contributed by atoms with Crippen molar-refractivity contribution in [2.75, 3.05) is 12.4 Å². The number of hydrogen-bond donors (Lipinski definition) is 2. The summed E-state index contributed by atoms with van der Waals surface area (Å²) in [7, 11) is 3.17. The number of hydrogen-bond acceptors (Lipinski definition) is 8. The van der Waals surface area contributed by atoms with E-state index in [1.54, 1.807) is 7.05 Å². The summed E-state index contributed by atoms with van der Waals surface area (Å²) < 4.78 is 1.30. The molecule has 9 nitrogen and oxygen atoms in total. The maximum Gasteiger partial charge on any atom is 0.339 e. The molecular weight excluding hydrogens is 294 g/mol. The normalized spacial score (nSPS) is 10.5. The lowest BCUT2D eigenvalue weighted by atomic mass is 10.8. The van der Waals surface area contributed by atoms with Crippen molar-refractivity contribution >= 4 is 29.3 Å². The molecule has 100 valence electrons. The summed E-state index contributed by atoms with van der Waals surface area (Å²) in [4.78, 5) is 37.6. The Hall–Kier alpha value is -1.94. The lowest BCUT2D eigenvalue weighted by Gasteiger charge is -2.05. The van der Waals surface area contributed by atoms with Crippen LogP contribution in [0.1, 0.15) is 0 Å². The summed E-state index contributed by atoms with van der Waals surface area (Å²) in [6.45, 7) is 0. The second-order valence-corrected chi connectivity index (χ2v) is 4.53. The van der Waals surface area contributed by atoms with Crippen LogP contribution in [0, 0.1) is 0 Å². The van der Waals surface area contributed by atoms with E-state index in [-0.39, 0.29) is 21.5 Å². The van der Waals surface area contributed by atoms with Crippen molar-refractivity contribution in [2.45, 2.75) is 10.3 Å². The minimum Gasteiger partial charge on any atom is -0.357 e. The zero-order valence-corrected chi connectivity index (χ0v) is 11.4. The highest BCUT2D eigenvalue weighted by Crippen LogP contribution is 2.22. The quantitative estimate of drug-likeness (QED) is 0.728. The van der Waals surface area contributed by atoms with Crippen molar-refractivity contribution in [2.24, 2.45) is 7.05 Å². The van der Waals surface area contributed by atoms with Crippen molar-refractivity contribution < 1.29 is 0 Å².